The summed E-state index contributed by atoms with van der Waals surface area (Å²) in [4.78, 5) is 30.6. The lowest BCUT2D eigenvalue weighted by Crippen LogP contribution is -2.24. The van der Waals surface area contributed by atoms with Crippen LogP contribution in [0.5, 0.6) is 5.75 Å². The Kier molecular flexibility index (Phi) is 5.51. The van der Waals surface area contributed by atoms with Crippen molar-refractivity contribution in [2.75, 3.05) is 12.4 Å². The predicted molar refractivity (Wildman–Crippen MR) is 131 cm³/mol. The quantitative estimate of drug-likeness (QED) is 0.410. The average Bonchev–Trinajstić information content (AvgIpc) is 3.29. The molecule has 1 amide bonds. The highest BCUT2D eigenvalue weighted by Gasteiger charge is 2.19. The molecule has 0 aliphatic rings. The Morgan fingerprint density at radius 1 is 1.06 bits per heavy atom. The normalized spacial score (nSPS) is 11.1. The number of benzene rings is 3. The Morgan fingerprint density at radius 3 is 2.62 bits per heavy atom. The molecule has 1 N–H and O–H groups in total. The molecule has 0 radical (unpaired) electrons. The first-order valence-corrected chi connectivity index (χ1v) is 10.9. The van der Waals surface area contributed by atoms with Crippen molar-refractivity contribution in [2.24, 2.45) is 0 Å². The van der Waals surface area contributed by atoms with Gasteiger partial charge in [-0.05, 0) is 54.4 Å². The minimum atomic E-state index is -0.527. The van der Waals surface area contributed by atoms with Crippen LogP contribution in [0.15, 0.2) is 71.5 Å². The van der Waals surface area contributed by atoms with Crippen molar-refractivity contribution in [3.8, 4) is 5.75 Å². The van der Waals surface area contributed by atoms with Gasteiger partial charge in [0.2, 0.25) is 11.5 Å². The van der Waals surface area contributed by atoms with Crippen molar-refractivity contribution < 1.29 is 9.53 Å². The predicted octanol–water partition coefficient (Wildman–Crippen LogP) is 4.32. The molecule has 8 nitrogen and oxygen atoms in total. The number of ether oxygens (including phenoxy) is 1. The van der Waals surface area contributed by atoms with Crippen molar-refractivity contribution in [3.05, 3.63) is 99.1 Å². The number of hydrogen-bond donors (Lipinski definition) is 1. The van der Waals surface area contributed by atoms with Crippen molar-refractivity contribution in [1.29, 1.82) is 0 Å². The van der Waals surface area contributed by atoms with E-state index in [9.17, 15) is 9.59 Å². The van der Waals surface area contributed by atoms with Crippen LogP contribution >= 0.6 is 11.6 Å². The summed E-state index contributed by atoms with van der Waals surface area (Å²) in [7, 11) is 1.55. The number of aromatic nitrogens is 4. The highest BCUT2D eigenvalue weighted by Crippen LogP contribution is 2.20. The molecule has 0 unspecified atom stereocenters. The minimum absolute atomic E-state index is 0.0705. The van der Waals surface area contributed by atoms with Crippen molar-refractivity contribution in [1.82, 2.24) is 19.2 Å². The Labute approximate surface area is 199 Å². The third-order valence-corrected chi connectivity index (χ3v) is 5.73. The van der Waals surface area contributed by atoms with E-state index >= 15 is 0 Å². The van der Waals surface area contributed by atoms with Crippen LogP contribution < -0.4 is 15.6 Å². The summed E-state index contributed by atoms with van der Waals surface area (Å²) in [6.07, 6.45) is 0. The smallest absolute Gasteiger partial charge is 0.296 e. The molecule has 0 fully saturated rings. The van der Waals surface area contributed by atoms with Gasteiger partial charge < -0.3 is 10.1 Å². The van der Waals surface area contributed by atoms with Gasteiger partial charge in [0.25, 0.3) is 11.5 Å². The van der Waals surface area contributed by atoms with Crippen molar-refractivity contribution in [3.63, 3.8) is 0 Å². The van der Waals surface area contributed by atoms with Gasteiger partial charge in [-0.2, -0.15) is 4.98 Å². The molecule has 5 aromatic rings. The number of nitrogens with zero attached hydrogens (tertiary/aromatic N) is 4. The lowest BCUT2D eigenvalue weighted by Gasteiger charge is -2.12. The monoisotopic (exact) mass is 473 g/mol. The first kappa shape index (κ1) is 21.7. The van der Waals surface area contributed by atoms with Crippen molar-refractivity contribution >= 4 is 39.9 Å². The van der Waals surface area contributed by atoms with E-state index in [1.807, 2.05) is 37.3 Å². The number of aryl methyl sites for hydroxylation is 1. The van der Waals surface area contributed by atoms with Crippen LogP contribution in [0.4, 0.5) is 5.69 Å². The van der Waals surface area contributed by atoms with Crippen LogP contribution in [0.25, 0.3) is 16.7 Å². The number of hydrogen-bond acceptors (Lipinski definition) is 5. The zero-order valence-corrected chi connectivity index (χ0v) is 19.2. The Morgan fingerprint density at radius 2 is 1.85 bits per heavy atom. The number of rotatable bonds is 5. The molecule has 2 aromatic heterocycles. The van der Waals surface area contributed by atoms with E-state index in [2.05, 4.69) is 15.4 Å². The summed E-state index contributed by atoms with van der Waals surface area (Å²) in [5.74, 6) is -0.0286. The molecule has 170 valence electrons. The van der Waals surface area contributed by atoms with E-state index in [-0.39, 0.29) is 17.0 Å². The first-order chi connectivity index (χ1) is 16.4. The zero-order valence-electron chi connectivity index (χ0n) is 18.4. The third kappa shape index (κ3) is 3.99. The minimum Gasteiger partial charge on any atom is -0.497 e. The number of methoxy groups -OCH3 is 1. The Balaban J connectivity index is 1.61. The number of fused-ring (bicyclic) bond motifs is 3. The number of halogens is 1. The standard InChI is InChI=1S/C25H20ClN5O3/c1-15-6-11-20-21(12-15)30(14-16-7-9-17(26)10-8-16)25(33)23-28-22(29-31(20)23)24(32)27-18-4-3-5-19(13-18)34-2/h3-13H,14H2,1-2H3,(H,27,32). The summed E-state index contributed by atoms with van der Waals surface area (Å²) in [5.41, 5.74) is 3.52. The molecule has 5 rings (SSSR count). The first-order valence-electron chi connectivity index (χ1n) is 10.5. The summed E-state index contributed by atoms with van der Waals surface area (Å²) < 4.78 is 8.26. The summed E-state index contributed by atoms with van der Waals surface area (Å²) in [6.45, 7) is 2.28. The molecule has 3 aromatic carbocycles. The number of amides is 1. The van der Waals surface area contributed by atoms with Gasteiger partial charge in [0, 0.05) is 16.8 Å². The summed E-state index contributed by atoms with van der Waals surface area (Å²) in [6, 6.07) is 20.0. The largest absolute Gasteiger partial charge is 0.497 e. The maximum absolute atomic E-state index is 13.5. The number of anilines is 1. The van der Waals surface area contributed by atoms with E-state index in [1.165, 1.54) is 4.52 Å². The van der Waals surface area contributed by atoms with E-state index in [0.29, 0.717) is 34.0 Å². The summed E-state index contributed by atoms with van der Waals surface area (Å²) >= 11 is 6.01. The van der Waals surface area contributed by atoms with Crippen molar-refractivity contribution in [2.45, 2.75) is 13.5 Å². The van der Waals surface area contributed by atoms with Crippen LogP contribution in [0, 0.1) is 6.92 Å². The van der Waals surface area contributed by atoms with Crippen LogP contribution in [0.1, 0.15) is 21.7 Å². The van der Waals surface area contributed by atoms with E-state index < -0.39 is 5.91 Å². The molecular formula is C25H20ClN5O3. The fourth-order valence-electron chi connectivity index (χ4n) is 3.79. The van der Waals surface area contributed by atoms with Crippen LogP contribution in [-0.2, 0) is 6.54 Å². The Bertz CT molecular complexity index is 1610. The fourth-order valence-corrected chi connectivity index (χ4v) is 3.92. The topological polar surface area (TPSA) is 90.5 Å². The molecule has 0 saturated heterocycles. The third-order valence-electron chi connectivity index (χ3n) is 5.48. The SMILES string of the molecule is COc1cccc(NC(=O)c2nc3c(=O)n(Cc4ccc(Cl)cc4)c4cc(C)ccc4n3n2)c1. The van der Waals surface area contributed by atoms with E-state index in [4.69, 9.17) is 16.3 Å². The lowest BCUT2D eigenvalue weighted by molar-refractivity contribution is 0.101. The Hall–Kier alpha value is -4.17. The molecule has 0 saturated carbocycles. The molecule has 0 atom stereocenters. The van der Waals surface area contributed by atoms with Gasteiger partial charge in [-0.3, -0.25) is 14.2 Å². The highest BCUT2D eigenvalue weighted by molar-refractivity contribution is 6.30. The molecule has 9 heteroatoms. The molecule has 0 aliphatic carbocycles. The van der Waals surface area contributed by atoms with Gasteiger partial charge >= 0.3 is 0 Å². The van der Waals surface area contributed by atoms with E-state index in [0.717, 1.165) is 11.1 Å². The molecular weight excluding hydrogens is 454 g/mol. The van der Waals surface area contributed by atoms with Gasteiger partial charge in [0.05, 0.1) is 24.7 Å². The second-order valence-electron chi connectivity index (χ2n) is 7.87. The van der Waals surface area contributed by atoms with Gasteiger partial charge in [0.1, 0.15) is 5.75 Å². The lowest BCUT2D eigenvalue weighted by atomic mass is 10.2. The zero-order chi connectivity index (χ0) is 23.8. The van der Waals surface area contributed by atoms with Crippen LogP contribution in [0.2, 0.25) is 5.02 Å². The molecule has 0 spiro atoms. The molecule has 2 heterocycles. The van der Waals surface area contributed by atoms with E-state index in [1.54, 1.807) is 48.1 Å². The summed E-state index contributed by atoms with van der Waals surface area (Å²) in [5, 5.41) is 7.73. The van der Waals surface area contributed by atoms with Gasteiger partial charge in [-0.15, -0.1) is 5.10 Å². The highest BCUT2D eigenvalue weighted by atomic mass is 35.5. The fraction of sp³-hybridized carbons (Fsp3) is 0.120. The van der Waals surface area contributed by atoms with Crippen LogP contribution in [-0.4, -0.2) is 32.2 Å². The molecule has 0 bridgehead atoms. The second kappa shape index (κ2) is 8.64. The number of nitrogens with one attached hydrogen (secondary N) is 1. The maximum atomic E-state index is 13.5. The molecule has 0 aliphatic heterocycles. The second-order valence-corrected chi connectivity index (χ2v) is 8.30. The number of carbonyl (C=O) groups is 1. The number of carbonyl (C=O) groups excluding carboxylic acids is 1. The van der Waals surface area contributed by atoms with Gasteiger partial charge in [-0.25, -0.2) is 4.52 Å². The van der Waals surface area contributed by atoms with Gasteiger partial charge in [-0.1, -0.05) is 35.9 Å². The average molecular weight is 474 g/mol. The molecule has 34 heavy (non-hydrogen) atoms. The van der Waals surface area contributed by atoms with Crippen LogP contribution in [0.3, 0.4) is 0 Å². The van der Waals surface area contributed by atoms with Gasteiger partial charge in [0.15, 0.2) is 0 Å². The maximum Gasteiger partial charge on any atom is 0.296 e.